The van der Waals surface area contributed by atoms with Crippen molar-refractivity contribution in [2.45, 2.75) is 45.3 Å². The molecular weight excluding hydrogens is 264 g/mol. The van der Waals surface area contributed by atoms with Crippen LogP contribution in [0.2, 0.25) is 0 Å². The van der Waals surface area contributed by atoms with E-state index in [1.54, 1.807) is 10.9 Å². The lowest BCUT2D eigenvalue weighted by Gasteiger charge is -2.25. The topological polar surface area (TPSA) is 51.0 Å². The molecule has 0 N–H and O–H groups in total. The molecule has 0 unspecified atom stereocenters. The minimum atomic E-state index is -0.00758. The molecule has 1 saturated carbocycles. The Bertz CT molecular complexity index is 614. The van der Waals surface area contributed by atoms with Gasteiger partial charge in [-0.1, -0.05) is 35.5 Å². The molecule has 0 atom stereocenters. The van der Waals surface area contributed by atoms with Crippen molar-refractivity contribution in [1.82, 2.24) is 19.9 Å². The van der Waals surface area contributed by atoms with E-state index in [0.29, 0.717) is 18.3 Å². The number of benzene rings is 1. The zero-order valence-corrected chi connectivity index (χ0v) is 12.4. The molecule has 1 heterocycles. The van der Waals surface area contributed by atoms with Gasteiger partial charge in [-0.25, -0.2) is 4.68 Å². The second kappa shape index (κ2) is 5.68. The molecule has 110 valence electrons. The van der Waals surface area contributed by atoms with Crippen LogP contribution in [0.5, 0.6) is 0 Å². The monoisotopic (exact) mass is 284 g/mol. The van der Waals surface area contributed by atoms with Crippen molar-refractivity contribution < 1.29 is 4.79 Å². The summed E-state index contributed by atoms with van der Waals surface area (Å²) in [7, 11) is 0. The van der Waals surface area contributed by atoms with Crippen LogP contribution in [0, 0.1) is 0 Å². The van der Waals surface area contributed by atoms with Gasteiger partial charge in [-0.15, -0.1) is 5.10 Å². The second-order valence-corrected chi connectivity index (χ2v) is 5.82. The minimum absolute atomic E-state index is 0.00758. The number of hydrogen-bond acceptors (Lipinski definition) is 3. The molecule has 0 saturated heterocycles. The lowest BCUT2D eigenvalue weighted by atomic mass is 10.2. The largest absolute Gasteiger partial charge is 0.332 e. The molecule has 21 heavy (non-hydrogen) atoms. The van der Waals surface area contributed by atoms with Crippen LogP contribution in [0.1, 0.15) is 42.7 Å². The van der Waals surface area contributed by atoms with E-state index in [1.165, 1.54) is 0 Å². The Hall–Kier alpha value is -2.17. The molecule has 5 heteroatoms. The van der Waals surface area contributed by atoms with Crippen molar-refractivity contribution in [3.8, 4) is 0 Å². The molecule has 1 aliphatic carbocycles. The van der Waals surface area contributed by atoms with E-state index >= 15 is 0 Å². The minimum Gasteiger partial charge on any atom is -0.332 e. The smallest absolute Gasteiger partial charge is 0.276 e. The van der Waals surface area contributed by atoms with Gasteiger partial charge in [0.15, 0.2) is 5.69 Å². The van der Waals surface area contributed by atoms with E-state index in [9.17, 15) is 4.79 Å². The van der Waals surface area contributed by atoms with Crippen molar-refractivity contribution in [3.05, 3.63) is 47.8 Å². The average Bonchev–Trinajstić information content (AvgIpc) is 3.18. The Morgan fingerprint density at radius 2 is 2.05 bits per heavy atom. The molecule has 0 bridgehead atoms. The first kappa shape index (κ1) is 13.8. The van der Waals surface area contributed by atoms with Gasteiger partial charge in [0.05, 0.1) is 12.7 Å². The maximum absolute atomic E-state index is 12.5. The van der Waals surface area contributed by atoms with Gasteiger partial charge < -0.3 is 4.90 Å². The van der Waals surface area contributed by atoms with Gasteiger partial charge in [-0.3, -0.25) is 4.79 Å². The standard InChI is InChI=1S/C16H20N4O/c1-12(2)20(14-8-9-14)16(21)15-11-19(18-17-15)10-13-6-4-3-5-7-13/h3-7,11-12,14H,8-10H2,1-2H3. The zero-order valence-electron chi connectivity index (χ0n) is 12.4. The van der Waals surface area contributed by atoms with Crippen molar-refractivity contribution >= 4 is 5.91 Å². The first-order valence-electron chi connectivity index (χ1n) is 7.42. The van der Waals surface area contributed by atoms with Crippen LogP contribution in [0.25, 0.3) is 0 Å². The summed E-state index contributed by atoms with van der Waals surface area (Å²) in [5, 5.41) is 8.12. The Kier molecular flexibility index (Phi) is 3.73. The highest BCUT2D eigenvalue weighted by molar-refractivity contribution is 5.92. The molecule has 0 spiro atoms. The van der Waals surface area contributed by atoms with Gasteiger partial charge in [0.1, 0.15) is 0 Å². The number of carbonyl (C=O) groups excluding carboxylic acids is 1. The maximum Gasteiger partial charge on any atom is 0.276 e. The van der Waals surface area contributed by atoms with Gasteiger partial charge in [0.25, 0.3) is 5.91 Å². The van der Waals surface area contributed by atoms with E-state index in [0.717, 1.165) is 18.4 Å². The van der Waals surface area contributed by atoms with E-state index in [-0.39, 0.29) is 11.9 Å². The molecule has 5 nitrogen and oxygen atoms in total. The molecule has 1 aromatic carbocycles. The molecule has 1 amide bonds. The maximum atomic E-state index is 12.5. The fourth-order valence-corrected chi connectivity index (χ4v) is 2.55. The van der Waals surface area contributed by atoms with Crippen LogP contribution < -0.4 is 0 Å². The van der Waals surface area contributed by atoms with E-state index < -0.39 is 0 Å². The molecule has 2 aromatic rings. The van der Waals surface area contributed by atoms with Crippen LogP contribution in [0.4, 0.5) is 0 Å². The van der Waals surface area contributed by atoms with Crippen LogP contribution in [-0.2, 0) is 6.54 Å². The van der Waals surface area contributed by atoms with Crippen LogP contribution in [0.3, 0.4) is 0 Å². The highest BCUT2D eigenvalue weighted by Gasteiger charge is 2.35. The Balaban J connectivity index is 1.73. The summed E-state index contributed by atoms with van der Waals surface area (Å²) in [6.45, 7) is 4.72. The van der Waals surface area contributed by atoms with Gasteiger partial charge >= 0.3 is 0 Å². The van der Waals surface area contributed by atoms with E-state index in [2.05, 4.69) is 10.3 Å². The molecule has 1 aromatic heterocycles. The number of aromatic nitrogens is 3. The third-order valence-electron chi connectivity index (χ3n) is 3.68. The SMILES string of the molecule is CC(C)N(C(=O)c1cn(Cc2ccccc2)nn1)C1CC1. The molecule has 0 radical (unpaired) electrons. The summed E-state index contributed by atoms with van der Waals surface area (Å²) in [6.07, 6.45) is 3.94. The third-order valence-corrected chi connectivity index (χ3v) is 3.68. The predicted molar refractivity (Wildman–Crippen MR) is 79.9 cm³/mol. The summed E-state index contributed by atoms with van der Waals surface area (Å²) < 4.78 is 1.72. The lowest BCUT2D eigenvalue weighted by molar-refractivity contribution is 0.0684. The molecular formula is C16H20N4O. The summed E-state index contributed by atoms with van der Waals surface area (Å²) in [6, 6.07) is 10.6. The number of hydrogen-bond donors (Lipinski definition) is 0. The fraction of sp³-hybridized carbons (Fsp3) is 0.438. The number of nitrogens with zero attached hydrogens (tertiary/aromatic N) is 4. The molecule has 3 rings (SSSR count). The highest BCUT2D eigenvalue weighted by Crippen LogP contribution is 2.29. The van der Waals surface area contributed by atoms with Gasteiger partial charge in [0.2, 0.25) is 0 Å². The fourth-order valence-electron chi connectivity index (χ4n) is 2.55. The first-order chi connectivity index (χ1) is 10.1. The quantitative estimate of drug-likeness (QED) is 0.846. The van der Waals surface area contributed by atoms with Crippen LogP contribution >= 0.6 is 0 Å². The Morgan fingerprint density at radius 1 is 1.33 bits per heavy atom. The first-order valence-corrected chi connectivity index (χ1v) is 7.42. The van der Waals surface area contributed by atoms with Gasteiger partial charge in [-0.05, 0) is 32.3 Å². The van der Waals surface area contributed by atoms with Gasteiger partial charge in [0, 0.05) is 12.1 Å². The van der Waals surface area contributed by atoms with Crippen molar-refractivity contribution in [2.75, 3.05) is 0 Å². The normalized spacial score (nSPS) is 14.4. The summed E-state index contributed by atoms with van der Waals surface area (Å²) in [5.41, 5.74) is 1.58. The van der Waals surface area contributed by atoms with Gasteiger partial charge in [-0.2, -0.15) is 0 Å². The lowest BCUT2D eigenvalue weighted by Crippen LogP contribution is -2.39. The number of rotatable bonds is 5. The number of amides is 1. The summed E-state index contributed by atoms with van der Waals surface area (Å²) in [4.78, 5) is 14.5. The third kappa shape index (κ3) is 3.12. The highest BCUT2D eigenvalue weighted by atomic mass is 16.2. The molecule has 0 aliphatic heterocycles. The molecule has 1 aliphatic rings. The van der Waals surface area contributed by atoms with E-state index in [4.69, 9.17) is 0 Å². The van der Waals surface area contributed by atoms with Crippen molar-refractivity contribution in [1.29, 1.82) is 0 Å². The summed E-state index contributed by atoms with van der Waals surface area (Å²) in [5.74, 6) is -0.00758. The zero-order chi connectivity index (χ0) is 14.8. The van der Waals surface area contributed by atoms with Crippen LogP contribution in [-0.4, -0.2) is 37.9 Å². The Morgan fingerprint density at radius 3 is 2.67 bits per heavy atom. The second-order valence-electron chi connectivity index (χ2n) is 5.82. The van der Waals surface area contributed by atoms with Crippen molar-refractivity contribution in [2.24, 2.45) is 0 Å². The van der Waals surface area contributed by atoms with Crippen molar-refractivity contribution in [3.63, 3.8) is 0 Å². The average molecular weight is 284 g/mol. The number of carbonyl (C=O) groups is 1. The molecule has 1 fully saturated rings. The summed E-state index contributed by atoms with van der Waals surface area (Å²) >= 11 is 0. The Labute approximate surface area is 124 Å². The predicted octanol–water partition coefficient (Wildman–Crippen LogP) is 2.34. The van der Waals surface area contributed by atoms with E-state index in [1.807, 2.05) is 49.1 Å². The van der Waals surface area contributed by atoms with Crippen LogP contribution in [0.15, 0.2) is 36.5 Å².